The van der Waals surface area contributed by atoms with Crippen molar-refractivity contribution in [2.45, 2.75) is 13.2 Å². The van der Waals surface area contributed by atoms with Gasteiger partial charge >= 0.3 is 0 Å². The van der Waals surface area contributed by atoms with Crippen molar-refractivity contribution < 1.29 is 14.3 Å². The normalized spacial score (nSPS) is 10.6. The first-order valence-electron chi connectivity index (χ1n) is 10.1. The molecule has 4 aromatic rings. The molecule has 4 rings (SSSR count). The summed E-state index contributed by atoms with van der Waals surface area (Å²) in [5.41, 5.74) is 2.27. The van der Waals surface area contributed by atoms with Gasteiger partial charge in [0.05, 0.1) is 13.7 Å². The lowest BCUT2D eigenvalue weighted by Gasteiger charge is -2.12. The van der Waals surface area contributed by atoms with E-state index in [1.165, 1.54) is 0 Å². The molecule has 0 unspecified atom stereocenters. The number of amides is 1. The molecular weight excluding hydrogens is 461 g/mol. The highest BCUT2D eigenvalue weighted by atomic mass is 35.5. The maximum Gasteiger partial charge on any atom is 0.256 e. The number of hydrogen-bond acceptors (Lipinski definition) is 4. The Bertz CT molecular complexity index is 1240. The van der Waals surface area contributed by atoms with Gasteiger partial charge in [-0.3, -0.25) is 9.48 Å². The maximum absolute atomic E-state index is 12.8. The van der Waals surface area contributed by atoms with Gasteiger partial charge in [-0.1, -0.05) is 35.3 Å². The highest BCUT2D eigenvalue weighted by Gasteiger charge is 2.13. The van der Waals surface area contributed by atoms with Crippen molar-refractivity contribution in [2.24, 2.45) is 0 Å². The summed E-state index contributed by atoms with van der Waals surface area (Å²) in [7, 11) is 1.58. The Kier molecular flexibility index (Phi) is 7.17. The predicted molar refractivity (Wildman–Crippen MR) is 130 cm³/mol. The molecule has 0 saturated heterocycles. The molecule has 0 spiro atoms. The number of nitrogens with one attached hydrogen (secondary N) is 1. The fraction of sp³-hybridized carbons (Fsp3) is 0.120. The summed E-state index contributed by atoms with van der Waals surface area (Å²) >= 11 is 11.8. The smallest absolute Gasteiger partial charge is 0.256 e. The largest absolute Gasteiger partial charge is 0.496 e. The van der Waals surface area contributed by atoms with Crippen LogP contribution in [0.2, 0.25) is 10.0 Å². The topological polar surface area (TPSA) is 65.4 Å². The van der Waals surface area contributed by atoms with Gasteiger partial charge in [-0.2, -0.15) is 5.10 Å². The molecule has 6 nitrogen and oxygen atoms in total. The predicted octanol–water partition coefficient (Wildman–Crippen LogP) is 6.08. The molecule has 0 atom stereocenters. The van der Waals surface area contributed by atoms with Gasteiger partial charge in [-0.05, 0) is 60.2 Å². The number of rotatable bonds is 8. The minimum atomic E-state index is -0.276. The number of nitrogens with zero attached hydrogens (tertiary/aromatic N) is 2. The van der Waals surface area contributed by atoms with Crippen LogP contribution in [0.4, 0.5) is 5.82 Å². The molecule has 0 aliphatic rings. The third-order valence-electron chi connectivity index (χ3n) is 4.89. The molecule has 0 aliphatic heterocycles. The molecule has 168 valence electrons. The first-order chi connectivity index (χ1) is 16.0. The number of carbonyl (C=O) groups is 1. The van der Waals surface area contributed by atoms with Gasteiger partial charge in [-0.15, -0.1) is 0 Å². The van der Waals surface area contributed by atoms with Crippen molar-refractivity contribution in [3.05, 3.63) is 106 Å². The van der Waals surface area contributed by atoms with Crippen LogP contribution in [0.5, 0.6) is 11.5 Å². The Hall–Kier alpha value is -3.48. The Labute approximate surface area is 201 Å². The second-order valence-electron chi connectivity index (χ2n) is 7.25. The number of anilines is 1. The minimum absolute atomic E-state index is 0.238. The summed E-state index contributed by atoms with van der Waals surface area (Å²) in [5.74, 6) is 1.49. The number of benzene rings is 3. The number of methoxy groups -OCH3 is 1. The molecule has 1 amide bonds. The number of carbonyl (C=O) groups excluding carboxylic acids is 1. The van der Waals surface area contributed by atoms with Crippen LogP contribution in [0.3, 0.4) is 0 Å². The second kappa shape index (κ2) is 10.4. The van der Waals surface area contributed by atoms with Gasteiger partial charge in [0.2, 0.25) is 0 Å². The van der Waals surface area contributed by atoms with Crippen molar-refractivity contribution in [3.63, 3.8) is 0 Å². The number of ether oxygens (including phenoxy) is 2. The van der Waals surface area contributed by atoms with Crippen molar-refractivity contribution >= 4 is 34.9 Å². The van der Waals surface area contributed by atoms with Gasteiger partial charge in [-0.25, -0.2) is 0 Å². The third kappa shape index (κ3) is 6.06. The molecule has 0 fully saturated rings. The fourth-order valence-electron chi connectivity index (χ4n) is 3.21. The van der Waals surface area contributed by atoms with Crippen LogP contribution in [0.1, 0.15) is 21.5 Å². The van der Waals surface area contributed by atoms with Gasteiger partial charge in [0.15, 0.2) is 5.82 Å². The molecule has 33 heavy (non-hydrogen) atoms. The average Bonchev–Trinajstić information content (AvgIpc) is 3.26. The first-order valence-corrected chi connectivity index (χ1v) is 10.9. The van der Waals surface area contributed by atoms with Crippen molar-refractivity contribution in [1.82, 2.24) is 9.78 Å². The molecular formula is C25H21Cl2N3O3. The molecule has 3 aromatic carbocycles. The standard InChI is InChI=1S/C25H21Cl2N3O3/c1-32-23-11-4-18(14-19(23)16-33-22-9-7-21(27)8-10-22)25(31)28-24-12-13-30(29-24)15-17-2-5-20(26)6-3-17/h2-14H,15-16H2,1H3,(H,28,29,31). The van der Waals surface area contributed by atoms with E-state index in [9.17, 15) is 4.79 Å². The lowest BCUT2D eigenvalue weighted by molar-refractivity contribution is 0.102. The molecule has 1 aromatic heterocycles. The zero-order chi connectivity index (χ0) is 23.2. The van der Waals surface area contributed by atoms with E-state index in [1.807, 2.05) is 30.5 Å². The zero-order valence-electron chi connectivity index (χ0n) is 17.8. The van der Waals surface area contributed by atoms with Crippen LogP contribution < -0.4 is 14.8 Å². The summed E-state index contributed by atoms with van der Waals surface area (Å²) in [6.07, 6.45) is 1.81. The van der Waals surface area contributed by atoms with E-state index in [0.717, 1.165) is 11.1 Å². The van der Waals surface area contributed by atoms with Crippen LogP contribution >= 0.6 is 23.2 Å². The molecule has 0 radical (unpaired) electrons. The average molecular weight is 482 g/mol. The molecule has 0 aliphatic carbocycles. The first kappa shape index (κ1) is 22.7. The van der Waals surface area contributed by atoms with Crippen LogP contribution in [-0.2, 0) is 13.2 Å². The van der Waals surface area contributed by atoms with E-state index in [4.69, 9.17) is 32.7 Å². The van der Waals surface area contributed by atoms with E-state index < -0.39 is 0 Å². The molecule has 8 heteroatoms. The minimum Gasteiger partial charge on any atom is -0.496 e. The summed E-state index contributed by atoms with van der Waals surface area (Å²) in [6, 6.07) is 21.6. The third-order valence-corrected chi connectivity index (χ3v) is 5.39. The van der Waals surface area contributed by atoms with Gasteiger partial charge in [0.25, 0.3) is 5.91 Å². The molecule has 1 N–H and O–H groups in total. The van der Waals surface area contributed by atoms with Crippen molar-refractivity contribution in [1.29, 1.82) is 0 Å². The Morgan fingerprint density at radius 1 is 0.970 bits per heavy atom. The van der Waals surface area contributed by atoms with E-state index in [-0.39, 0.29) is 12.5 Å². The monoisotopic (exact) mass is 481 g/mol. The van der Waals surface area contributed by atoms with Gasteiger partial charge in [0, 0.05) is 33.4 Å². The number of halogens is 2. The zero-order valence-corrected chi connectivity index (χ0v) is 19.3. The summed E-state index contributed by atoms with van der Waals surface area (Å²) in [6.45, 7) is 0.809. The summed E-state index contributed by atoms with van der Waals surface area (Å²) in [5, 5.41) is 8.57. The van der Waals surface area contributed by atoms with E-state index in [0.29, 0.717) is 39.5 Å². The lowest BCUT2D eigenvalue weighted by atomic mass is 10.1. The highest BCUT2D eigenvalue weighted by molar-refractivity contribution is 6.30. The summed E-state index contributed by atoms with van der Waals surface area (Å²) < 4.78 is 13.0. The van der Waals surface area contributed by atoms with Crippen LogP contribution in [-0.4, -0.2) is 22.8 Å². The maximum atomic E-state index is 12.8. The van der Waals surface area contributed by atoms with Crippen molar-refractivity contribution in [2.75, 3.05) is 12.4 Å². The molecule has 0 saturated carbocycles. The van der Waals surface area contributed by atoms with Gasteiger partial charge < -0.3 is 14.8 Å². The number of hydrogen-bond donors (Lipinski definition) is 1. The van der Waals surface area contributed by atoms with E-state index in [2.05, 4.69) is 10.4 Å². The summed E-state index contributed by atoms with van der Waals surface area (Å²) in [4.78, 5) is 12.8. The van der Waals surface area contributed by atoms with Gasteiger partial charge in [0.1, 0.15) is 18.1 Å². The fourth-order valence-corrected chi connectivity index (χ4v) is 3.46. The second-order valence-corrected chi connectivity index (χ2v) is 8.12. The van der Waals surface area contributed by atoms with Crippen LogP contribution in [0.15, 0.2) is 79.0 Å². The number of aromatic nitrogens is 2. The van der Waals surface area contributed by atoms with E-state index >= 15 is 0 Å². The Morgan fingerprint density at radius 3 is 2.36 bits per heavy atom. The van der Waals surface area contributed by atoms with E-state index in [1.54, 1.807) is 60.3 Å². The molecule has 1 heterocycles. The Balaban J connectivity index is 1.42. The lowest BCUT2D eigenvalue weighted by Crippen LogP contribution is -2.14. The van der Waals surface area contributed by atoms with Crippen LogP contribution in [0.25, 0.3) is 0 Å². The SMILES string of the molecule is COc1ccc(C(=O)Nc2ccn(Cc3ccc(Cl)cc3)n2)cc1COc1ccc(Cl)cc1. The highest BCUT2D eigenvalue weighted by Crippen LogP contribution is 2.24. The Morgan fingerprint density at radius 2 is 1.67 bits per heavy atom. The van der Waals surface area contributed by atoms with Crippen LogP contribution in [0, 0.1) is 0 Å². The van der Waals surface area contributed by atoms with Crippen molar-refractivity contribution in [3.8, 4) is 11.5 Å². The quantitative estimate of drug-likeness (QED) is 0.331. The molecule has 0 bridgehead atoms.